The van der Waals surface area contributed by atoms with E-state index in [0.717, 1.165) is 30.3 Å². The lowest BCUT2D eigenvalue weighted by atomic mass is 9.68. The van der Waals surface area contributed by atoms with Gasteiger partial charge in [0.2, 0.25) is 0 Å². The molecular formula is C17H34N2. The lowest BCUT2D eigenvalue weighted by molar-refractivity contribution is -0.0227. The van der Waals surface area contributed by atoms with Crippen molar-refractivity contribution in [2.24, 2.45) is 23.5 Å². The molecule has 2 saturated carbocycles. The number of rotatable bonds is 3. The number of hydrogen-bond donors (Lipinski definition) is 1. The highest BCUT2D eigenvalue weighted by molar-refractivity contribution is 5.01. The monoisotopic (exact) mass is 266 g/mol. The van der Waals surface area contributed by atoms with Crippen molar-refractivity contribution in [2.45, 2.75) is 77.3 Å². The minimum Gasteiger partial charge on any atom is -0.329 e. The first-order chi connectivity index (χ1) is 8.99. The maximum absolute atomic E-state index is 6.27. The van der Waals surface area contributed by atoms with Crippen LogP contribution in [0.25, 0.3) is 0 Å². The molecule has 0 aromatic carbocycles. The molecule has 2 aliphatic rings. The Hall–Kier alpha value is -0.0800. The van der Waals surface area contributed by atoms with Crippen LogP contribution in [-0.2, 0) is 0 Å². The average Bonchev–Trinajstić information content (AvgIpc) is 2.40. The van der Waals surface area contributed by atoms with Crippen LogP contribution in [0, 0.1) is 17.8 Å². The Balaban J connectivity index is 2.07. The van der Waals surface area contributed by atoms with Crippen LogP contribution in [0.15, 0.2) is 0 Å². The van der Waals surface area contributed by atoms with Crippen molar-refractivity contribution in [3.8, 4) is 0 Å². The Kier molecular flexibility index (Phi) is 4.94. The van der Waals surface area contributed by atoms with E-state index in [-0.39, 0.29) is 5.54 Å². The van der Waals surface area contributed by atoms with Crippen molar-refractivity contribution in [1.82, 2.24) is 4.90 Å². The molecular weight excluding hydrogens is 232 g/mol. The molecule has 0 aliphatic heterocycles. The summed E-state index contributed by atoms with van der Waals surface area (Å²) in [5, 5.41) is 0. The van der Waals surface area contributed by atoms with E-state index in [9.17, 15) is 0 Å². The number of hydrogen-bond acceptors (Lipinski definition) is 2. The normalized spacial score (nSPS) is 44.5. The zero-order valence-corrected chi connectivity index (χ0v) is 13.5. The largest absolute Gasteiger partial charge is 0.329 e. The summed E-state index contributed by atoms with van der Waals surface area (Å²) < 4.78 is 0. The maximum Gasteiger partial charge on any atom is 0.0357 e. The summed E-state index contributed by atoms with van der Waals surface area (Å²) in [5.41, 5.74) is 6.54. The van der Waals surface area contributed by atoms with Crippen molar-refractivity contribution in [1.29, 1.82) is 0 Å². The maximum atomic E-state index is 6.27. The number of nitrogens with two attached hydrogens (primary N) is 1. The van der Waals surface area contributed by atoms with E-state index in [1.807, 2.05) is 0 Å². The second-order valence-corrected chi connectivity index (χ2v) is 7.61. The quantitative estimate of drug-likeness (QED) is 0.845. The van der Waals surface area contributed by atoms with E-state index >= 15 is 0 Å². The predicted molar refractivity (Wildman–Crippen MR) is 83.1 cm³/mol. The van der Waals surface area contributed by atoms with E-state index in [0.29, 0.717) is 0 Å². The van der Waals surface area contributed by atoms with Crippen LogP contribution in [-0.4, -0.2) is 30.1 Å². The molecule has 0 aromatic rings. The fraction of sp³-hybridized carbons (Fsp3) is 1.00. The Bertz CT molecular complexity index is 283. The van der Waals surface area contributed by atoms with E-state index in [1.165, 1.54) is 44.9 Å². The molecule has 0 heterocycles. The first-order valence-corrected chi connectivity index (χ1v) is 8.42. The molecule has 2 aliphatic carbocycles. The lowest BCUT2D eigenvalue weighted by Gasteiger charge is -2.53. The van der Waals surface area contributed by atoms with Gasteiger partial charge in [0.25, 0.3) is 0 Å². The van der Waals surface area contributed by atoms with E-state index in [1.54, 1.807) is 0 Å². The van der Waals surface area contributed by atoms with Crippen molar-refractivity contribution in [3.63, 3.8) is 0 Å². The Morgan fingerprint density at radius 1 is 1.00 bits per heavy atom. The van der Waals surface area contributed by atoms with Crippen LogP contribution in [0.4, 0.5) is 0 Å². The molecule has 3 atom stereocenters. The molecule has 2 fully saturated rings. The van der Waals surface area contributed by atoms with Gasteiger partial charge in [0.1, 0.15) is 0 Å². The first kappa shape index (κ1) is 15.3. The fourth-order valence-corrected chi connectivity index (χ4v) is 4.65. The topological polar surface area (TPSA) is 29.3 Å². The van der Waals surface area contributed by atoms with E-state index in [4.69, 9.17) is 5.73 Å². The van der Waals surface area contributed by atoms with Crippen LogP contribution in [0.2, 0.25) is 0 Å². The van der Waals surface area contributed by atoms with Crippen molar-refractivity contribution >= 4 is 0 Å². The molecule has 19 heavy (non-hydrogen) atoms. The molecule has 2 N–H and O–H groups in total. The highest BCUT2D eigenvalue weighted by Crippen LogP contribution is 2.42. The molecule has 0 spiro atoms. The molecule has 112 valence electrons. The molecule has 2 heteroatoms. The highest BCUT2D eigenvalue weighted by atomic mass is 15.2. The number of nitrogens with zero attached hydrogens (tertiary/aromatic N) is 1. The summed E-state index contributed by atoms with van der Waals surface area (Å²) in [6.45, 7) is 8.08. The summed E-state index contributed by atoms with van der Waals surface area (Å²) >= 11 is 0. The average molecular weight is 266 g/mol. The molecule has 0 amide bonds. The van der Waals surface area contributed by atoms with Crippen LogP contribution in [0.3, 0.4) is 0 Å². The van der Waals surface area contributed by atoms with Gasteiger partial charge in [-0.1, -0.05) is 20.8 Å². The van der Waals surface area contributed by atoms with Gasteiger partial charge in [-0.05, 0) is 69.7 Å². The minimum atomic E-state index is 0.276. The molecule has 0 saturated heterocycles. The minimum absolute atomic E-state index is 0.276. The summed E-state index contributed by atoms with van der Waals surface area (Å²) in [6.07, 6.45) is 9.57. The lowest BCUT2D eigenvalue weighted by Crippen LogP contribution is -2.61. The van der Waals surface area contributed by atoms with Crippen LogP contribution < -0.4 is 5.73 Å². The SMILES string of the molecule is CC1CCC(N(C)C2(CN)CCC(C)CC2C)CC1. The molecule has 3 unspecified atom stereocenters. The summed E-state index contributed by atoms with van der Waals surface area (Å²) in [7, 11) is 2.36. The zero-order valence-electron chi connectivity index (χ0n) is 13.5. The van der Waals surface area contributed by atoms with Gasteiger partial charge in [-0.15, -0.1) is 0 Å². The predicted octanol–water partition coefficient (Wildman–Crippen LogP) is 3.65. The molecule has 2 rings (SSSR count). The molecule has 0 bridgehead atoms. The van der Waals surface area contributed by atoms with Gasteiger partial charge in [-0.3, -0.25) is 4.90 Å². The van der Waals surface area contributed by atoms with E-state index < -0.39 is 0 Å². The molecule has 2 nitrogen and oxygen atoms in total. The fourth-order valence-electron chi connectivity index (χ4n) is 4.65. The van der Waals surface area contributed by atoms with Crippen molar-refractivity contribution < 1.29 is 0 Å². The Morgan fingerprint density at radius 2 is 1.63 bits per heavy atom. The Morgan fingerprint density at radius 3 is 2.16 bits per heavy atom. The summed E-state index contributed by atoms with van der Waals surface area (Å²) in [6, 6.07) is 0.774. The van der Waals surface area contributed by atoms with E-state index in [2.05, 4.69) is 32.7 Å². The third-order valence-corrected chi connectivity index (χ3v) is 6.33. The van der Waals surface area contributed by atoms with Gasteiger partial charge in [0, 0.05) is 18.1 Å². The van der Waals surface area contributed by atoms with Crippen molar-refractivity contribution in [2.75, 3.05) is 13.6 Å². The van der Waals surface area contributed by atoms with Gasteiger partial charge < -0.3 is 5.73 Å². The standard InChI is InChI=1S/C17H34N2/c1-13-5-7-16(8-6-13)19(4)17(12-18)10-9-14(2)11-15(17)3/h13-16H,5-12,18H2,1-4H3. The van der Waals surface area contributed by atoms with Gasteiger partial charge in [0.15, 0.2) is 0 Å². The summed E-state index contributed by atoms with van der Waals surface area (Å²) in [5.74, 6) is 2.56. The second kappa shape index (κ2) is 6.13. The van der Waals surface area contributed by atoms with Crippen molar-refractivity contribution in [3.05, 3.63) is 0 Å². The van der Waals surface area contributed by atoms with Gasteiger partial charge >= 0.3 is 0 Å². The third kappa shape index (κ3) is 3.00. The smallest absolute Gasteiger partial charge is 0.0357 e. The van der Waals surface area contributed by atoms with Gasteiger partial charge in [-0.2, -0.15) is 0 Å². The molecule has 0 radical (unpaired) electrons. The van der Waals surface area contributed by atoms with Crippen LogP contribution in [0.5, 0.6) is 0 Å². The van der Waals surface area contributed by atoms with Gasteiger partial charge in [0.05, 0.1) is 0 Å². The highest BCUT2D eigenvalue weighted by Gasteiger charge is 2.44. The van der Waals surface area contributed by atoms with Crippen LogP contribution in [0.1, 0.15) is 65.7 Å². The second-order valence-electron chi connectivity index (χ2n) is 7.61. The number of likely N-dealkylation sites (N-methyl/N-ethyl adjacent to an activating group) is 1. The zero-order chi connectivity index (χ0) is 14.0. The summed E-state index contributed by atoms with van der Waals surface area (Å²) in [4.78, 5) is 2.70. The third-order valence-electron chi connectivity index (χ3n) is 6.33. The van der Waals surface area contributed by atoms with Crippen LogP contribution >= 0.6 is 0 Å². The van der Waals surface area contributed by atoms with Gasteiger partial charge in [-0.25, -0.2) is 0 Å². The Labute approximate surface area is 120 Å². The first-order valence-electron chi connectivity index (χ1n) is 8.42. The molecule has 0 aromatic heterocycles.